The first-order valence-corrected chi connectivity index (χ1v) is 17.2. The smallest absolute Gasteiger partial charge is 0.374 e. The van der Waals surface area contributed by atoms with Crippen LogP contribution in [0.4, 0.5) is 0 Å². The molecule has 0 radical (unpaired) electrons. The van der Waals surface area contributed by atoms with E-state index in [0.29, 0.717) is 39.6 Å². The monoisotopic (exact) mass is 476 g/mol. The minimum atomic E-state index is -2.83. The van der Waals surface area contributed by atoms with Gasteiger partial charge in [0.1, 0.15) is 0 Å². The van der Waals surface area contributed by atoms with Gasteiger partial charge in [-0.1, -0.05) is 21.6 Å². The number of hydrogen-bond acceptors (Lipinski definition) is 9. The van der Waals surface area contributed by atoms with Gasteiger partial charge in [-0.15, -0.1) is 0 Å². The molecule has 0 amide bonds. The van der Waals surface area contributed by atoms with E-state index in [2.05, 4.69) is 0 Å². The van der Waals surface area contributed by atoms with Crippen LogP contribution < -0.4 is 0 Å². The van der Waals surface area contributed by atoms with Crippen LogP contribution >= 0.6 is 31.4 Å². The molecular weight excluding hydrogens is 441 g/mol. The van der Waals surface area contributed by atoms with Gasteiger partial charge in [-0.25, -0.2) is 0 Å². The van der Waals surface area contributed by atoms with Gasteiger partial charge in [-0.05, 0) is 57.8 Å². The Morgan fingerprint density at radius 3 is 1.48 bits per heavy atom. The molecule has 0 bridgehead atoms. The highest BCUT2D eigenvalue weighted by Crippen LogP contribution is 2.52. The minimum absolute atomic E-state index is 0.121. The van der Waals surface area contributed by atoms with Crippen LogP contribution in [0, 0.1) is 0 Å². The first-order valence-electron chi connectivity index (χ1n) is 9.86. The molecule has 0 aromatic carbocycles. The second-order valence-corrected chi connectivity index (χ2v) is 16.1. The molecule has 162 valence electrons. The molecule has 0 spiro atoms. The van der Waals surface area contributed by atoms with Crippen LogP contribution in [0.15, 0.2) is 0 Å². The Bertz CT molecular complexity index is 329. The number of rotatable bonds is 14. The maximum absolute atomic E-state index is 6.20. The summed E-state index contributed by atoms with van der Waals surface area (Å²) in [5, 5.41) is 0. The van der Waals surface area contributed by atoms with Crippen molar-refractivity contribution in [2.75, 3.05) is 45.4 Å². The van der Waals surface area contributed by atoms with Crippen LogP contribution in [0.2, 0.25) is 5.54 Å². The highest BCUT2D eigenvalue weighted by molar-refractivity contribution is 9.09. The van der Waals surface area contributed by atoms with E-state index in [-0.39, 0.29) is 10.4 Å². The third-order valence-electron chi connectivity index (χ3n) is 3.94. The van der Waals surface area contributed by atoms with Gasteiger partial charge < -0.3 is 26.6 Å². The normalized spacial score (nSPS) is 22.0. The standard InChI is InChI=1S/C16H36O6S3Si2/c1-7-17-26(18-8-2,19-9-3)15-13-16(24-25-23-14-15)27(20-10-4,21-11-5)22-12-6/h15-16H,7-14H2,1-6H3. The fraction of sp³-hybridized carbons (Fsp3) is 1.00. The van der Waals surface area contributed by atoms with Crippen molar-refractivity contribution in [3.8, 4) is 0 Å². The van der Waals surface area contributed by atoms with Crippen molar-refractivity contribution in [3.63, 3.8) is 0 Å². The minimum Gasteiger partial charge on any atom is -0.374 e. The summed E-state index contributed by atoms with van der Waals surface area (Å²) < 4.78 is 37.2. The zero-order valence-corrected chi connectivity index (χ0v) is 21.9. The van der Waals surface area contributed by atoms with Gasteiger partial charge in [0.05, 0.1) is 4.87 Å². The van der Waals surface area contributed by atoms with E-state index in [4.69, 9.17) is 26.6 Å². The van der Waals surface area contributed by atoms with E-state index in [1.165, 1.54) is 0 Å². The van der Waals surface area contributed by atoms with Gasteiger partial charge >= 0.3 is 17.6 Å². The van der Waals surface area contributed by atoms with Crippen molar-refractivity contribution in [1.29, 1.82) is 0 Å². The van der Waals surface area contributed by atoms with E-state index in [9.17, 15) is 0 Å². The molecule has 1 aliphatic heterocycles. The fourth-order valence-electron chi connectivity index (χ4n) is 3.09. The highest BCUT2D eigenvalue weighted by atomic mass is 33.5. The molecular formula is C16H36O6S3Si2. The lowest BCUT2D eigenvalue weighted by Gasteiger charge is -2.38. The van der Waals surface area contributed by atoms with Crippen molar-refractivity contribution in [1.82, 2.24) is 0 Å². The zero-order chi connectivity index (χ0) is 20.2. The van der Waals surface area contributed by atoms with Gasteiger partial charge in [0.25, 0.3) is 0 Å². The lowest BCUT2D eigenvalue weighted by atomic mass is 10.4. The Kier molecular flexibility index (Phi) is 13.9. The van der Waals surface area contributed by atoms with E-state index in [1.54, 1.807) is 20.6 Å². The molecule has 1 aliphatic rings. The average Bonchev–Trinajstić information content (AvgIpc) is 2.90. The summed E-state index contributed by atoms with van der Waals surface area (Å²) in [5.41, 5.74) is 0.183. The fourth-order valence-corrected chi connectivity index (χ4v) is 17.4. The maximum Gasteiger partial charge on any atom is 0.515 e. The van der Waals surface area contributed by atoms with Gasteiger partial charge in [-0.3, -0.25) is 0 Å². The Morgan fingerprint density at radius 2 is 1.07 bits per heavy atom. The Labute approximate surface area is 179 Å². The summed E-state index contributed by atoms with van der Waals surface area (Å²) in [5.74, 6) is 0.926. The van der Waals surface area contributed by atoms with Crippen molar-refractivity contribution in [3.05, 3.63) is 0 Å². The summed E-state index contributed by atoms with van der Waals surface area (Å²) in [4.78, 5) is 0.121. The Morgan fingerprint density at radius 1 is 0.667 bits per heavy atom. The van der Waals surface area contributed by atoms with Crippen molar-refractivity contribution >= 4 is 49.0 Å². The summed E-state index contributed by atoms with van der Waals surface area (Å²) in [6, 6.07) is 0. The van der Waals surface area contributed by atoms with Gasteiger partial charge in [0, 0.05) is 50.9 Å². The topological polar surface area (TPSA) is 55.4 Å². The molecule has 11 heteroatoms. The molecule has 1 fully saturated rings. The van der Waals surface area contributed by atoms with Crippen LogP contribution in [-0.2, 0) is 26.6 Å². The van der Waals surface area contributed by atoms with Gasteiger partial charge in [-0.2, -0.15) is 0 Å². The van der Waals surface area contributed by atoms with E-state index in [1.807, 2.05) is 52.3 Å². The number of hydrogen-bond donors (Lipinski definition) is 0. The predicted molar refractivity (Wildman–Crippen MR) is 121 cm³/mol. The summed E-state index contributed by atoms with van der Waals surface area (Å²) in [7, 11) is -0.215. The molecule has 0 aromatic rings. The van der Waals surface area contributed by atoms with Crippen LogP contribution in [0.25, 0.3) is 0 Å². The maximum atomic E-state index is 6.20. The average molecular weight is 477 g/mol. The lowest BCUT2D eigenvalue weighted by molar-refractivity contribution is 0.0570. The Balaban J connectivity index is 3.18. The predicted octanol–water partition coefficient (Wildman–Crippen LogP) is 4.79. The van der Waals surface area contributed by atoms with Crippen LogP contribution in [0.5, 0.6) is 0 Å². The largest absolute Gasteiger partial charge is 0.515 e. The first kappa shape index (κ1) is 26.3. The van der Waals surface area contributed by atoms with Crippen molar-refractivity contribution < 1.29 is 26.6 Å². The lowest BCUT2D eigenvalue weighted by Crippen LogP contribution is -2.58. The van der Waals surface area contributed by atoms with Gasteiger partial charge in [0.2, 0.25) is 0 Å². The summed E-state index contributed by atoms with van der Waals surface area (Å²) in [6.45, 7) is 15.5. The van der Waals surface area contributed by atoms with E-state index >= 15 is 0 Å². The second-order valence-electron chi connectivity index (χ2n) is 5.68. The summed E-state index contributed by atoms with van der Waals surface area (Å²) in [6.07, 6.45) is 0.850. The van der Waals surface area contributed by atoms with Crippen LogP contribution in [0.1, 0.15) is 48.0 Å². The molecule has 0 saturated carbocycles. The molecule has 2 atom stereocenters. The summed E-state index contributed by atoms with van der Waals surface area (Å²) >= 11 is 0. The molecule has 0 aromatic heterocycles. The Hall–Kier alpha value is 1.24. The molecule has 2 unspecified atom stereocenters. The van der Waals surface area contributed by atoms with Crippen LogP contribution in [-0.4, -0.2) is 67.9 Å². The molecule has 6 nitrogen and oxygen atoms in total. The van der Waals surface area contributed by atoms with E-state index in [0.717, 1.165) is 12.2 Å². The van der Waals surface area contributed by atoms with Crippen molar-refractivity contribution in [2.24, 2.45) is 0 Å². The van der Waals surface area contributed by atoms with Crippen molar-refractivity contribution in [2.45, 2.75) is 58.4 Å². The quantitative estimate of drug-likeness (QED) is 0.260. The van der Waals surface area contributed by atoms with Crippen LogP contribution in [0.3, 0.4) is 0 Å². The first-order chi connectivity index (χ1) is 13.1. The van der Waals surface area contributed by atoms with Gasteiger partial charge in [0.15, 0.2) is 0 Å². The molecule has 1 heterocycles. The zero-order valence-electron chi connectivity index (χ0n) is 17.5. The second kappa shape index (κ2) is 14.3. The molecule has 0 N–H and O–H groups in total. The third-order valence-corrected chi connectivity index (χ3v) is 16.9. The molecule has 1 rings (SSSR count). The highest BCUT2D eigenvalue weighted by Gasteiger charge is 2.57. The molecule has 0 aliphatic carbocycles. The molecule has 27 heavy (non-hydrogen) atoms. The SMILES string of the molecule is CCO[Si](OCC)(OCC)C1CSSSC([Si](OCC)(OCC)OCC)C1. The molecule has 1 saturated heterocycles. The third kappa shape index (κ3) is 7.46. The van der Waals surface area contributed by atoms with E-state index < -0.39 is 17.6 Å².